The highest BCUT2D eigenvalue weighted by molar-refractivity contribution is 7.90. The fourth-order valence-electron chi connectivity index (χ4n) is 8.65. The van der Waals surface area contributed by atoms with Gasteiger partial charge in [0.15, 0.2) is 0 Å². The largest absolute Gasteiger partial charge is 0.490 e. The third-order valence-corrected chi connectivity index (χ3v) is 13.4. The van der Waals surface area contributed by atoms with Crippen molar-refractivity contribution >= 4 is 33.2 Å². The van der Waals surface area contributed by atoms with Gasteiger partial charge >= 0.3 is 0 Å². The van der Waals surface area contributed by atoms with Crippen molar-refractivity contribution in [3.8, 4) is 5.75 Å². The van der Waals surface area contributed by atoms with Gasteiger partial charge in [0.1, 0.15) is 5.75 Å². The van der Waals surface area contributed by atoms with Crippen LogP contribution in [-0.2, 0) is 21.9 Å². The molecule has 3 aliphatic carbocycles. The summed E-state index contributed by atoms with van der Waals surface area (Å²) in [6, 6.07) is 11.5. The number of aryl methyl sites for hydroxylation is 1. The number of carbonyl (C=O) groups is 1. The molecule has 2 heterocycles. The molecule has 7 rings (SSSR count). The molecular formula is C34H41ClN2O5S. The molecule has 1 spiro atoms. The first-order valence-corrected chi connectivity index (χ1v) is 17.7. The van der Waals surface area contributed by atoms with Crippen LogP contribution in [0.2, 0.25) is 5.02 Å². The number of anilines is 1. The van der Waals surface area contributed by atoms with Gasteiger partial charge in [-0.1, -0.05) is 43.2 Å². The summed E-state index contributed by atoms with van der Waals surface area (Å²) in [5.74, 6) is 0.510. The highest BCUT2D eigenvalue weighted by atomic mass is 35.5. The number of rotatable bonds is 0. The van der Waals surface area contributed by atoms with Gasteiger partial charge in [0.05, 0.1) is 23.6 Å². The number of nitrogens with zero attached hydrogens (tertiary/aromatic N) is 1. The molecule has 0 saturated heterocycles. The van der Waals surface area contributed by atoms with Crippen molar-refractivity contribution in [2.45, 2.75) is 81.5 Å². The van der Waals surface area contributed by atoms with Crippen LogP contribution in [0.15, 0.2) is 48.6 Å². The SMILES string of the molecule is C[C@]12C/C=C/[C@H](O)[C@@H]3CC[C@H]3CN3C[C@@]4(CCCc5cc(Cl)ccc54)COc4ccc(cc43)C(=O)NS(=O)(=O)[C@H]1CCC2. The van der Waals surface area contributed by atoms with Gasteiger partial charge in [0.25, 0.3) is 5.91 Å². The van der Waals surface area contributed by atoms with Gasteiger partial charge < -0.3 is 14.7 Å². The molecule has 2 N–H and O–H groups in total. The number of aliphatic hydroxyl groups excluding tert-OH is 1. The van der Waals surface area contributed by atoms with Gasteiger partial charge in [-0.3, -0.25) is 4.79 Å². The average Bonchev–Trinajstić information content (AvgIpc) is 3.27. The molecule has 7 nitrogen and oxygen atoms in total. The topological polar surface area (TPSA) is 95.9 Å². The van der Waals surface area contributed by atoms with Crippen molar-refractivity contribution in [2.24, 2.45) is 17.3 Å². The molecule has 2 saturated carbocycles. The van der Waals surface area contributed by atoms with E-state index in [1.54, 1.807) is 12.1 Å². The Hall–Kier alpha value is -2.55. The number of fused-ring (bicyclic) bond motifs is 5. The highest BCUT2D eigenvalue weighted by Gasteiger charge is 2.47. The first kappa shape index (κ1) is 29.2. The Morgan fingerprint density at radius 1 is 1.09 bits per heavy atom. The Bertz CT molecular complexity index is 1580. The van der Waals surface area contributed by atoms with Crippen molar-refractivity contribution in [2.75, 3.05) is 24.6 Å². The average molecular weight is 625 g/mol. The Morgan fingerprint density at radius 2 is 1.95 bits per heavy atom. The maximum absolute atomic E-state index is 13.6. The molecule has 230 valence electrons. The molecule has 5 aliphatic rings. The van der Waals surface area contributed by atoms with E-state index in [1.165, 1.54) is 11.1 Å². The molecule has 1 amide bonds. The summed E-state index contributed by atoms with van der Waals surface area (Å²) in [6.45, 7) is 3.92. The van der Waals surface area contributed by atoms with Crippen molar-refractivity contribution in [3.63, 3.8) is 0 Å². The lowest BCUT2D eigenvalue weighted by Crippen LogP contribution is -2.49. The number of hydrogen-bond acceptors (Lipinski definition) is 6. The summed E-state index contributed by atoms with van der Waals surface area (Å²) in [5.41, 5.74) is 2.88. The Balaban J connectivity index is 1.30. The van der Waals surface area contributed by atoms with Crippen LogP contribution in [0.25, 0.3) is 0 Å². The molecule has 0 radical (unpaired) electrons. The summed E-state index contributed by atoms with van der Waals surface area (Å²) in [6.07, 6.45) is 10.9. The van der Waals surface area contributed by atoms with E-state index >= 15 is 0 Å². The van der Waals surface area contributed by atoms with E-state index in [4.69, 9.17) is 16.3 Å². The molecule has 43 heavy (non-hydrogen) atoms. The van der Waals surface area contributed by atoms with Gasteiger partial charge in [-0.2, -0.15) is 0 Å². The third-order valence-electron chi connectivity index (χ3n) is 11.2. The number of carbonyl (C=O) groups excluding carboxylic acids is 1. The summed E-state index contributed by atoms with van der Waals surface area (Å²) >= 11 is 6.40. The number of benzene rings is 2. The minimum atomic E-state index is -3.92. The molecule has 6 atom stereocenters. The lowest BCUT2D eigenvalue weighted by Gasteiger charge is -2.45. The van der Waals surface area contributed by atoms with Crippen LogP contribution in [0.1, 0.15) is 79.8 Å². The van der Waals surface area contributed by atoms with E-state index < -0.39 is 32.7 Å². The molecule has 0 unspecified atom stereocenters. The second kappa shape index (κ2) is 10.8. The Kier molecular flexibility index (Phi) is 7.34. The number of sulfonamides is 1. The maximum Gasteiger partial charge on any atom is 0.264 e. The van der Waals surface area contributed by atoms with Crippen LogP contribution in [0.5, 0.6) is 5.75 Å². The predicted molar refractivity (Wildman–Crippen MR) is 168 cm³/mol. The predicted octanol–water partition coefficient (Wildman–Crippen LogP) is 5.78. The zero-order chi connectivity index (χ0) is 30.0. The quantitative estimate of drug-likeness (QED) is 0.361. The Morgan fingerprint density at radius 3 is 2.77 bits per heavy atom. The fraction of sp³-hybridized carbons (Fsp3) is 0.559. The number of allylic oxidation sites excluding steroid dienone is 1. The molecule has 2 aromatic rings. The maximum atomic E-state index is 13.6. The van der Waals surface area contributed by atoms with Crippen molar-refractivity contribution in [1.82, 2.24) is 4.72 Å². The molecule has 2 fully saturated rings. The smallest absolute Gasteiger partial charge is 0.264 e. The van der Waals surface area contributed by atoms with Crippen LogP contribution in [0.3, 0.4) is 0 Å². The first-order valence-electron chi connectivity index (χ1n) is 15.8. The number of ether oxygens (including phenoxy) is 1. The van der Waals surface area contributed by atoms with E-state index in [0.29, 0.717) is 37.3 Å². The van der Waals surface area contributed by atoms with Crippen molar-refractivity contribution < 1.29 is 23.1 Å². The van der Waals surface area contributed by atoms with Crippen LogP contribution in [0.4, 0.5) is 5.69 Å². The second-order valence-electron chi connectivity index (χ2n) is 13.9. The number of aliphatic hydroxyl groups is 1. The fourth-order valence-corrected chi connectivity index (χ4v) is 10.8. The zero-order valence-corrected chi connectivity index (χ0v) is 26.3. The van der Waals surface area contributed by atoms with Gasteiger partial charge in [-0.05, 0) is 110 Å². The highest BCUT2D eigenvalue weighted by Crippen LogP contribution is 2.48. The second-order valence-corrected chi connectivity index (χ2v) is 16.2. The van der Waals surface area contributed by atoms with Gasteiger partial charge in [0.2, 0.25) is 10.0 Å². The normalized spacial score (nSPS) is 35.8. The lowest BCUT2D eigenvalue weighted by atomic mass is 9.68. The van der Waals surface area contributed by atoms with E-state index in [2.05, 4.69) is 21.8 Å². The number of amides is 1. The molecule has 0 aromatic heterocycles. The molecule has 2 aliphatic heterocycles. The van der Waals surface area contributed by atoms with E-state index in [0.717, 1.165) is 62.2 Å². The molecular weight excluding hydrogens is 584 g/mol. The first-order chi connectivity index (χ1) is 20.6. The van der Waals surface area contributed by atoms with Crippen LogP contribution in [0, 0.1) is 17.3 Å². The monoisotopic (exact) mass is 624 g/mol. The summed E-state index contributed by atoms with van der Waals surface area (Å²) in [5, 5.41) is 11.3. The van der Waals surface area contributed by atoms with E-state index in [-0.39, 0.29) is 17.3 Å². The number of halogens is 1. The molecule has 9 heteroatoms. The van der Waals surface area contributed by atoms with Gasteiger partial charge in [-0.25, -0.2) is 13.1 Å². The lowest BCUT2D eigenvalue weighted by molar-refractivity contribution is 0.0455. The van der Waals surface area contributed by atoms with Gasteiger partial charge in [0, 0.05) is 29.1 Å². The number of nitrogens with one attached hydrogen (secondary N) is 1. The van der Waals surface area contributed by atoms with Crippen molar-refractivity contribution in [1.29, 1.82) is 0 Å². The van der Waals surface area contributed by atoms with Crippen LogP contribution in [-0.4, -0.2) is 50.5 Å². The summed E-state index contributed by atoms with van der Waals surface area (Å²) in [7, 11) is -3.92. The van der Waals surface area contributed by atoms with Gasteiger partial charge in [-0.15, -0.1) is 0 Å². The minimum absolute atomic E-state index is 0.132. The minimum Gasteiger partial charge on any atom is -0.490 e. The third kappa shape index (κ3) is 5.17. The van der Waals surface area contributed by atoms with E-state index in [9.17, 15) is 18.3 Å². The van der Waals surface area contributed by atoms with Crippen LogP contribution < -0.4 is 14.4 Å². The molecule has 2 aromatic carbocycles. The van der Waals surface area contributed by atoms with E-state index in [1.807, 2.05) is 31.2 Å². The zero-order valence-electron chi connectivity index (χ0n) is 24.7. The molecule has 2 bridgehead atoms. The van der Waals surface area contributed by atoms with Crippen molar-refractivity contribution in [3.05, 3.63) is 70.3 Å². The Labute approximate surface area is 259 Å². The standard InChI is InChI=1S/C34H41ClN2O5S/c1-33-14-3-6-29(38)26-11-8-24(26)19-37-20-34(16-2-5-22-17-25(35)10-12-27(22)34)21-42-30-13-9-23(18-28(30)37)32(39)36-43(40,41)31(33)7-4-15-33/h3,6,9-10,12-13,17-18,24,26,29,31,38H,2,4-5,7-8,11,14-16,19-21H2,1H3,(H,36,39)/b6-3+/t24-,26+,29-,31-,33+,34-/m0/s1. The summed E-state index contributed by atoms with van der Waals surface area (Å²) in [4.78, 5) is 15.9. The number of hydrogen-bond donors (Lipinski definition) is 2. The van der Waals surface area contributed by atoms with Crippen LogP contribution >= 0.6 is 11.6 Å². The summed E-state index contributed by atoms with van der Waals surface area (Å²) < 4.78 is 36.2.